The molecule has 4 rings (SSSR count). The smallest absolute Gasteiger partial charge is 0.169 e. The standard InChI is InChI=1S/C19H18N2O2S/c1-22-15-9-8-14(12-16(15)23-2)17-18(13-6-4-3-5-7-13)21-10-11-24-19(21)20-17/h3-9,12H,10-11H2,1-2H3. The Morgan fingerprint density at radius 1 is 0.958 bits per heavy atom. The highest BCUT2D eigenvalue weighted by molar-refractivity contribution is 7.99. The average molecular weight is 338 g/mol. The van der Waals surface area contributed by atoms with Crippen LogP contribution in [0.2, 0.25) is 0 Å². The average Bonchev–Trinajstić information content (AvgIpc) is 3.22. The number of ether oxygens (including phenoxy) is 2. The molecule has 0 bridgehead atoms. The molecule has 0 saturated carbocycles. The molecule has 0 radical (unpaired) electrons. The van der Waals surface area contributed by atoms with Crippen LogP contribution in [0.3, 0.4) is 0 Å². The minimum atomic E-state index is 0.717. The number of fused-ring (bicyclic) bond motifs is 1. The van der Waals surface area contributed by atoms with Crippen LogP contribution in [0.5, 0.6) is 11.5 Å². The predicted molar refractivity (Wildman–Crippen MR) is 96.9 cm³/mol. The maximum absolute atomic E-state index is 5.46. The first-order chi connectivity index (χ1) is 11.8. The van der Waals surface area contributed by atoms with Gasteiger partial charge in [0, 0.05) is 23.4 Å². The van der Waals surface area contributed by atoms with Gasteiger partial charge in [-0.15, -0.1) is 0 Å². The van der Waals surface area contributed by atoms with Gasteiger partial charge in [-0.25, -0.2) is 4.98 Å². The van der Waals surface area contributed by atoms with E-state index < -0.39 is 0 Å². The van der Waals surface area contributed by atoms with Gasteiger partial charge in [0.05, 0.1) is 25.6 Å². The first-order valence-corrected chi connectivity index (χ1v) is 8.81. The van der Waals surface area contributed by atoms with Crippen molar-refractivity contribution < 1.29 is 9.47 Å². The van der Waals surface area contributed by atoms with Crippen molar-refractivity contribution in [2.75, 3.05) is 20.0 Å². The highest BCUT2D eigenvalue weighted by Crippen LogP contribution is 2.41. The number of thioether (sulfide) groups is 1. The van der Waals surface area contributed by atoms with Gasteiger partial charge < -0.3 is 14.0 Å². The maximum atomic E-state index is 5.46. The van der Waals surface area contributed by atoms with E-state index in [-0.39, 0.29) is 0 Å². The van der Waals surface area contributed by atoms with E-state index in [4.69, 9.17) is 14.5 Å². The normalized spacial score (nSPS) is 12.9. The van der Waals surface area contributed by atoms with Gasteiger partial charge in [0.2, 0.25) is 0 Å². The molecule has 3 aromatic rings. The molecule has 0 amide bonds. The third-order valence-corrected chi connectivity index (χ3v) is 5.14. The summed E-state index contributed by atoms with van der Waals surface area (Å²) in [4.78, 5) is 4.90. The van der Waals surface area contributed by atoms with Gasteiger partial charge in [-0.3, -0.25) is 0 Å². The Hall–Kier alpha value is -2.40. The van der Waals surface area contributed by atoms with Gasteiger partial charge in [0.15, 0.2) is 16.7 Å². The number of rotatable bonds is 4. The molecule has 4 nitrogen and oxygen atoms in total. The number of aromatic nitrogens is 2. The molecule has 0 unspecified atom stereocenters. The highest BCUT2D eigenvalue weighted by Gasteiger charge is 2.24. The van der Waals surface area contributed by atoms with Gasteiger partial charge >= 0.3 is 0 Å². The van der Waals surface area contributed by atoms with Crippen molar-refractivity contribution in [3.05, 3.63) is 48.5 Å². The second-order valence-electron chi connectivity index (χ2n) is 5.53. The molecule has 2 heterocycles. The zero-order valence-corrected chi connectivity index (χ0v) is 14.5. The lowest BCUT2D eigenvalue weighted by molar-refractivity contribution is 0.355. The number of methoxy groups -OCH3 is 2. The zero-order valence-electron chi connectivity index (χ0n) is 13.7. The number of benzene rings is 2. The summed E-state index contributed by atoms with van der Waals surface area (Å²) in [5, 5.41) is 1.08. The molecule has 122 valence electrons. The van der Waals surface area contributed by atoms with Gasteiger partial charge in [0.1, 0.15) is 0 Å². The van der Waals surface area contributed by atoms with Crippen molar-refractivity contribution >= 4 is 11.8 Å². The number of hydrogen-bond acceptors (Lipinski definition) is 4. The monoisotopic (exact) mass is 338 g/mol. The molecule has 0 atom stereocenters. The Bertz CT molecular complexity index is 875. The Kier molecular flexibility index (Phi) is 3.94. The fourth-order valence-electron chi connectivity index (χ4n) is 3.05. The fourth-order valence-corrected chi connectivity index (χ4v) is 4.00. The molecule has 2 aromatic carbocycles. The maximum Gasteiger partial charge on any atom is 0.169 e. The lowest BCUT2D eigenvalue weighted by Crippen LogP contribution is -1.97. The topological polar surface area (TPSA) is 36.3 Å². The van der Waals surface area contributed by atoms with E-state index in [0.29, 0.717) is 0 Å². The largest absolute Gasteiger partial charge is 0.493 e. The van der Waals surface area contributed by atoms with Crippen LogP contribution >= 0.6 is 11.8 Å². The van der Waals surface area contributed by atoms with E-state index in [9.17, 15) is 0 Å². The van der Waals surface area contributed by atoms with E-state index in [2.05, 4.69) is 28.8 Å². The van der Waals surface area contributed by atoms with Crippen LogP contribution in [0.25, 0.3) is 22.5 Å². The molecule has 0 spiro atoms. The lowest BCUT2D eigenvalue weighted by Gasteiger charge is -2.11. The molecule has 1 aromatic heterocycles. The van der Waals surface area contributed by atoms with Crippen LogP contribution in [0.15, 0.2) is 53.7 Å². The van der Waals surface area contributed by atoms with Crippen molar-refractivity contribution in [3.8, 4) is 34.0 Å². The Balaban J connectivity index is 1.91. The second-order valence-corrected chi connectivity index (χ2v) is 6.59. The number of hydrogen-bond donors (Lipinski definition) is 0. The van der Waals surface area contributed by atoms with E-state index in [1.807, 2.05) is 24.3 Å². The minimum absolute atomic E-state index is 0.717. The van der Waals surface area contributed by atoms with Crippen LogP contribution in [-0.2, 0) is 6.54 Å². The summed E-state index contributed by atoms with van der Waals surface area (Å²) in [5.74, 6) is 2.52. The summed E-state index contributed by atoms with van der Waals surface area (Å²) in [7, 11) is 3.30. The summed E-state index contributed by atoms with van der Waals surface area (Å²) in [5.41, 5.74) is 4.38. The molecule has 1 aliphatic rings. The third-order valence-electron chi connectivity index (χ3n) is 4.18. The molecule has 1 aliphatic heterocycles. The lowest BCUT2D eigenvalue weighted by atomic mass is 10.0. The summed E-state index contributed by atoms with van der Waals surface area (Å²) in [6.45, 7) is 0.991. The van der Waals surface area contributed by atoms with Crippen LogP contribution < -0.4 is 9.47 Å². The molecular formula is C19H18N2O2S. The zero-order chi connectivity index (χ0) is 16.5. The van der Waals surface area contributed by atoms with Crippen LogP contribution in [0.4, 0.5) is 0 Å². The van der Waals surface area contributed by atoms with Crippen LogP contribution in [0, 0.1) is 0 Å². The second kappa shape index (κ2) is 6.24. The molecule has 0 N–H and O–H groups in total. The Morgan fingerprint density at radius 2 is 1.75 bits per heavy atom. The van der Waals surface area contributed by atoms with Crippen LogP contribution in [0.1, 0.15) is 0 Å². The van der Waals surface area contributed by atoms with E-state index in [1.54, 1.807) is 26.0 Å². The summed E-state index contributed by atoms with van der Waals surface area (Å²) in [6, 6.07) is 16.4. The van der Waals surface area contributed by atoms with Crippen molar-refractivity contribution in [1.82, 2.24) is 9.55 Å². The number of nitrogens with zero attached hydrogens (tertiary/aromatic N) is 2. The third kappa shape index (κ3) is 2.45. The van der Waals surface area contributed by atoms with E-state index >= 15 is 0 Å². The summed E-state index contributed by atoms with van der Waals surface area (Å²) >= 11 is 1.81. The van der Waals surface area contributed by atoms with Gasteiger partial charge in [-0.05, 0) is 18.2 Å². The number of imidazole rings is 1. The van der Waals surface area contributed by atoms with E-state index in [0.717, 1.165) is 40.2 Å². The predicted octanol–water partition coefficient (Wildman–Crippen LogP) is 4.34. The van der Waals surface area contributed by atoms with Crippen molar-refractivity contribution in [3.63, 3.8) is 0 Å². The van der Waals surface area contributed by atoms with Crippen molar-refractivity contribution in [2.24, 2.45) is 0 Å². The van der Waals surface area contributed by atoms with Gasteiger partial charge in [0.25, 0.3) is 0 Å². The minimum Gasteiger partial charge on any atom is -0.493 e. The van der Waals surface area contributed by atoms with Crippen molar-refractivity contribution in [2.45, 2.75) is 11.7 Å². The Morgan fingerprint density at radius 3 is 2.50 bits per heavy atom. The van der Waals surface area contributed by atoms with Gasteiger partial charge in [-0.2, -0.15) is 0 Å². The summed E-state index contributed by atoms with van der Waals surface area (Å²) in [6.07, 6.45) is 0. The van der Waals surface area contributed by atoms with Gasteiger partial charge in [-0.1, -0.05) is 42.1 Å². The molecule has 0 aliphatic carbocycles. The highest BCUT2D eigenvalue weighted by atomic mass is 32.2. The summed E-state index contributed by atoms with van der Waals surface area (Å²) < 4.78 is 13.1. The van der Waals surface area contributed by atoms with Crippen LogP contribution in [-0.4, -0.2) is 29.5 Å². The molecule has 0 saturated heterocycles. The SMILES string of the molecule is COc1ccc(-c2nc3n(c2-c2ccccc2)CCS3)cc1OC. The first-order valence-electron chi connectivity index (χ1n) is 7.83. The molecule has 0 fully saturated rings. The molecular weight excluding hydrogens is 320 g/mol. The first kappa shape index (κ1) is 15.1. The molecule has 24 heavy (non-hydrogen) atoms. The fraction of sp³-hybridized carbons (Fsp3) is 0.211. The van der Waals surface area contributed by atoms with Crippen molar-refractivity contribution in [1.29, 1.82) is 0 Å². The molecule has 5 heteroatoms. The quantitative estimate of drug-likeness (QED) is 0.709. The Labute approximate surface area is 145 Å². The van der Waals surface area contributed by atoms with E-state index in [1.165, 1.54) is 11.3 Å².